The third-order valence-corrected chi connectivity index (χ3v) is 6.54. The zero-order chi connectivity index (χ0) is 20.9. The Morgan fingerprint density at radius 1 is 1.23 bits per heavy atom. The summed E-state index contributed by atoms with van der Waals surface area (Å²) in [6.07, 6.45) is 8.41. The van der Waals surface area contributed by atoms with Gasteiger partial charge in [0.1, 0.15) is 5.75 Å². The molecule has 1 aliphatic heterocycles. The molecule has 2 aliphatic rings. The first-order valence-corrected chi connectivity index (χ1v) is 11.4. The number of ether oxygens (including phenoxy) is 2. The average Bonchev–Trinajstić information content (AvgIpc) is 3.27. The van der Waals surface area contributed by atoms with E-state index in [1.165, 1.54) is 19.3 Å². The number of nitrogens with zero attached hydrogens (tertiary/aromatic N) is 1. The molecule has 0 spiro atoms. The number of aromatic amines is 1. The fourth-order valence-corrected chi connectivity index (χ4v) is 4.75. The van der Waals surface area contributed by atoms with Crippen molar-refractivity contribution in [3.8, 4) is 5.75 Å². The Morgan fingerprint density at radius 2 is 2.07 bits per heavy atom. The number of H-pyrrole nitrogens is 1. The number of fused-ring (bicyclic) bond motifs is 1. The summed E-state index contributed by atoms with van der Waals surface area (Å²) in [7, 11) is 1.62. The first-order valence-electron chi connectivity index (χ1n) is 11.0. The molecule has 4 rings (SSSR count). The molecule has 0 amide bonds. The van der Waals surface area contributed by atoms with Gasteiger partial charge in [-0.1, -0.05) is 19.3 Å². The van der Waals surface area contributed by atoms with Gasteiger partial charge in [-0.05, 0) is 61.5 Å². The molecular weight excluding hydrogens is 398 g/mol. The highest BCUT2D eigenvalue weighted by atomic mass is 32.1. The highest BCUT2D eigenvalue weighted by Gasteiger charge is 2.24. The molecule has 1 aromatic carbocycles. The quantitative estimate of drug-likeness (QED) is 0.682. The molecule has 6 nitrogen and oxygen atoms in total. The van der Waals surface area contributed by atoms with Crippen LogP contribution in [0.1, 0.15) is 50.5 Å². The van der Waals surface area contributed by atoms with Gasteiger partial charge in [0.15, 0.2) is 5.11 Å². The van der Waals surface area contributed by atoms with Gasteiger partial charge in [0.25, 0.3) is 5.56 Å². The molecular formula is C23H31N3O3S. The Hall–Kier alpha value is -2.12. The van der Waals surface area contributed by atoms with Gasteiger partial charge in [0.2, 0.25) is 0 Å². The Balaban J connectivity index is 1.54. The smallest absolute Gasteiger partial charge is 0.253 e. The van der Waals surface area contributed by atoms with Crippen LogP contribution in [-0.2, 0) is 11.3 Å². The lowest BCUT2D eigenvalue weighted by atomic mass is 9.96. The molecule has 0 unspecified atom stereocenters. The molecule has 1 aliphatic carbocycles. The Kier molecular flexibility index (Phi) is 6.89. The van der Waals surface area contributed by atoms with Crippen molar-refractivity contribution in [1.82, 2.24) is 15.2 Å². The lowest BCUT2D eigenvalue weighted by molar-refractivity contribution is 0.0894. The van der Waals surface area contributed by atoms with Crippen molar-refractivity contribution >= 4 is 28.2 Å². The molecule has 2 N–H and O–H groups in total. The van der Waals surface area contributed by atoms with Crippen LogP contribution in [0, 0.1) is 0 Å². The number of methoxy groups -OCH3 is 1. The summed E-state index contributed by atoms with van der Waals surface area (Å²) in [5.41, 5.74) is 1.39. The van der Waals surface area contributed by atoms with Crippen molar-refractivity contribution in [1.29, 1.82) is 0 Å². The minimum absolute atomic E-state index is 0.0893. The van der Waals surface area contributed by atoms with E-state index < -0.39 is 0 Å². The standard InChI is InChI=1S/C23H31N3O3S/c1-28-19-10-9-16-12-17(22(27)25-21(16)13-19)14-26(15-20-8-5-11-29-20)23(30)24-18-6-3-2-4-7-18/h9-10,12-13,18,20H,2-8,11,14-15H2,1H3,(H,24,30)(H,25,27)/t20-/m1/s1. The van der Waals surface area contributed by atoms with E-state index in [2.05, 4.69) is 15.2 Å². The van der Waals surface area contributed by atoms with Crippen LogP contribution in [0.25, 0.3) is 10.9 Å². The maximum atomic E-state index is 12.8. The summed E-state index contributed by atoms with van der Waals surface area (Å²) < 4.78 is 11.1. The van der Waals surface area contributed by atoms with Crippen LogP contribution in [-0.4, -0.2) is 47.4 Å². The third-order valence-electron chi connectivity index (χ3n) is 6.16. The fraction of sp³-hybridized carbons (Fsp3) is 0.565. The predicted octanol–water partition coefficient (Wildman–Crippen LogP) is 3.72. The van der Waals surface area contributed by atoms with Crippen LogP contribution in [0.2, 0.25) is 0 Å². The van der Waals surface area contributed by atoms with Crippen molar-refractivity contribution in [2.75, 3.05) is 20.3 Å². The molecule has 1 aromatic heterocycles. The second kappa shape index (κ2) is 9.79. The fourth-order valence-electron chi connectivity index (χ4n) is 4.44. The van der Waals surface area contributed by atoms with Crippen molar-refractivity contribution in [2.24, 2.45) is 0 Å². The molecule has 1 saturated heterocycles. The highest BCUT2D eigenvalue weighted by Crippen LogP contribution is 2.21. The van der Waals surface area contributed by atoms with Crippen LogP contribution < -0.4 is 15.6 Å². The molecule has 2 heterocycles. The number of hydrogen-bond donors (Lipinski definition) is 2. The lowest BCUT2D eigenvalue weighted by Crippen LogP contribution is -2.47. The third kappa shape index (κ3) is 5.13. The van der Waals surface area contributed by atoms with Gasteiger partial charge >= 0.3 is 0 Å². The summed E-state index contributed by atoms with van der Waals surface area (Å²) in [4.78, 5) is 17.9. The number of thiocarbonyl (C=S) groups is 1. The molecule has 2 aromatic rings. The molecule has 1 atom stereocenters. The van der Waals surface area contributed by atoms with E-state index in [9.17, 15) is 4.79 Å². The van der Waals surface area contributed by atoms with E-state index in [1.54, 1.807) is 7.11 Å². The molecule has 7 heteroatoms. The number of nitrogens with one attached hydrogen (secondary N) is 2. The normalized spacial score (nSPS) is 19.7. The summed E-state index contributed by atoms with van der Waals surface area (Å²) in [6, 6.07) is 8.11. The summed E-state index contributed by atoms with van der Waals surface area (Å²) in [6.45, 7) is 1.98. The van der Waals surface area contributed by atoms with E-state index in [0.29, 0.717) is 24.7 Å². The molecule has 162 valence electrons. The van der Waals surface area contributed by atoms with E-state index in [-0.39, 0.29) is 11.7 Å². The highest BCUT2D eigenvalue weighted by molar-refractivity contribution is 7.80. The van der Waals surface area contributed by atoms with Gasteiger partial charge in [-0.15, -0.1) is 0 Å². The van der Waals surface area contributed by atoms with Crippen LogP contribution in [0.5, 0.6) is 5.75 Å². The van der Waals surface area contributed by atoms with Gasteiger partial charge < -0.3 is 24.7 Å². The minimum atomic E-state index is -0.0893. The monoisotopic (exact) mass is 429 g/mol. The largest absolute Gasteiger partial charge is 0.497 e. The van der Waals surface area contributed by atoms with Crippen LogP contribution in [0.4, 0.5) is 0 Å². The molecule has 0 radical (unpaired) electrons. The molecule has 30 heavy (non-hydrogen) atoms. The summed E-state index contributed by atoms with van der Waals surface area (Å²) in [5.74, 6) is 0.726. The van der Waals surface area contributed by atoms with Gasteiger partial charge in [-0.25, -0.2) is 0 Å². The van der Waals surface area contributed by atoms with Gasteiger partial charge in [-0.3, -0.25) is 4.79 Å². The van der Waals surface area contributed by atoms with E-state index >= 15 is 0 Å². The van der Waals surface area contributed by atoms with Gasteiger partial charge in [0.05, 0.1) is 25.3 Å². The summed E-state index contributed by atoms with van der Waals surface area (Å²) >= 11 is 5.79. The second-order valence-electron chi connectivity index (χ2n) is 8.38. The molecule has 2 fully saturated rings. The van der Waals surface area contributed by atoms with Crippen molar-refractivity contribution in [2.45, 2.75) is 63.6 Å². The van der Waals surface area contributed by atoms with Gasteiger partial charge in [-0.2, -0.15) is 0 Å². The number of aromatic nitrogens is 1. The maximum Gasteiger partial charge on any atom is 0.253 e. The zero-order valence-electron chi connectivity index (χ0n) is 17.6. The Bertz CT molecular complexity index is 933. The van der Waals surface area contributed by atoms with Gasteiger partial charge in [0, 0.05) is 30.8 Å². The summed E-state index contributed by atoms with van der Waals surface area (Å²) in [5, 5.41) is 5.27. The first-order chi connectivity index (χ1) is 14.6. The van der Waals surface area contributed by atoms with E-state index in [1.807, 2.05) is 24.3 Å². The van der Waals surface area contributed by atoms with E-state index in [4.69, 9.17) is 21.7 Å². The lowest BCUT2D eigenvalue weighted by Gasteiger charge is -2.32. The zero-order valence-corrected chi connectivity index (χ0v) is 18.4. The molecule has 1 saturated carbocycles. The first kappa shape index (κ1) is 21.1. The Labute approximate surface area is 182 Å². The van der Waals surface area contributed by atoms with Crippen molar-refractivity contribution < 1.29 is 9.47 Å². The van der Waals surface area contributed by atoms with Crippen LogP contribution in [0.15, 0.2) is 29.1 Å². The average molecular weight is 430 g/mol. The number of pyridine rings is 1. The van der Waals surface area contributed by atoms with Crippen LogP contribution >= 0.6 is 12.2 Å². The SMILES string of the molecule is COc1ccc2cc(CN(C[C@H]3CCCO3)C(=S)NC3CCCCC3)c(=O)[nH]c2c1. The van der Waals surface area contributed by atoms with Crippen LogP contribution in [0.3, 0.4) is 0 Å². The minimum Gasteiger partial charge on any atom is -0.497 e. The topological polar surface area (TPSA) is 66.6 Å². The van der Waals surface area contributed by atoms with E-state index in [0.717, 1.165) is 54.1 Å². The second-order valence-corrected chi connectivity index (χ2v) is 8.76. The number of benzene rings is 1. The molecule has 0 bridgehead atoms. The van der Waals surface area contributed by atoms with Crippen molar-refractivity contribution in [3.05, 3.63) is 40.2 Å². The number of rotatable bonds is 6. The number of hydrogen-bond acceptors (Lipinski definition) is 4. The predicted molar refractivity (Wildman–Crippen MR) is 123 cm³/mol. The van der Waals surface area contributed by atoms with Crippen molar-refractivity contribution in [3.63, 3.8) is 0 Å². The Morgan fingerprint density at radius 3 is 2.80 bits per heavy atom. The maximum absolute atomic E-state index is 12.8.